The highest BCUT2D eigenvalue weighted by molar-refractivity contribution is 7.92. The van der Waals surface area contributed by atoms with Crippen molar-refractivity contribution in [1.82, 2.24) is 4.90 Å². The van der Waals surface area contributed by atoms with Crippen molar-refractivity contribution in [2.75, 3.05) is 28.9 Å². The lowest BCUT2D eigenvalue weighted by Crippen LogP contribution is -2.22. The maximum Gasteiger partial charge on any atom is 0.255 e. The first-order valence-electron chi connectivity index (χ1n) is 9.10. The van der Waals surface area contributed by atoms with Gasteiger partial charge < -0.3 is 5.32 Å². The summed E-state index contributed by atoms with van der Waals surface area (Å²) in [5.74, 6) is -0.193. The average Bonchev–Trinajstić information content (AvgIpc) is 2.68. The summed E-state index contributed by atoms with van der Waals surface area (Å²) in [5.41, 5.74) is 2.82. The molecule has 0 radical (unpaired) electrons. The third kappa shape index (κ3) is 6.37. The van der Waals surface area contributed by atoms with Gasteiger partial charge in [0.1, 0.15) is 0 Å². The predicted octanol–water partition coefficient (Wildman–Crippen LogP) is 3.54. The fraction of sp³-hybridized carbons (Fsp3) is 0.350. The molecule has 0 aliphatic rings. The van der Waals surface area contributed by atoms with E-state index in [-0.39, 0.29) is 11.7 Å². The third-order valence-electron chi connectivity index (χ3n) is 4.31. The zero-order valence-corrected chi connectivity index (χ0v) is 16.8. The summed E-state index contributed by atoms with van der Waals surface area (Å²) in [6, 6.07) is 14.1. The molecule has 6 nitrogen and oxygen atoms in total. The van der Waals surface area contributed by atoms with Gasteiger partial charge in [-0.3, -0.25) is 14.4 Å². The third-order valence-corrected chi connectivity index (χ3v) is 5.62. The van der Waals surface area contributed by atoms with Crippen LogP contribution < -0.4 is 10.0 Å². The van der Waals surface area contributed by atoms with Crippen molar-refractivity contribution in [3.63, 3.8) is 0 Å². The van der Waals surface area contributed by atoms with Crippen molar-refractivity contribution in [3.8, 4) is 0 Å². The van der Waals surface area contributed by atoms with Crippen LogP contribution in [0.5, 0.6) is 0 Å². The first-order valence-corrected chi connectivity index (χ1v) is 10.7. The summed E-state index contributed by atoms with van der Waals surface area (Å²) >= 11 is 0. The first-order chi connectivity index (χ1) is 12.9. The van der Waals surface area contributed by atoms with Crippen molar-refractivity contribution in [2.24, 2.45) is 0 Å². The molecule has 2 aromatic carbocycles. The molecule has 0 saturated heterocycles. The molecule has 2 N–H and O–H groups in total. The number of nitrogens with zero attached hydrogens (tertiary/aromatic N) is 1. The highest BCUT2D eigenvalue weighted by Gasteiger charge is 2.09. The lowest BCUT2D eigenvalue weighted by Gasteiger charge is -2.18. The minimum atomic E-state index is -3.31. The Kier molecular flexibility index (Phi) is 7.38. The van der Waals surface area contributed by atoms with Gasteiger partial charge >= 0.3 is 0 Å². The molecule has 0 fully saturated rings. The summed E-state index contributed by atoms with van der Waals surface area (Å²) in [6.07, 6.45) is 0. The van der Waals surface area contributed by atoms with E-state index in [1.54, 1.807) is 31.2 Å². The molecule has 0 saturated carbocycles. The second-order valence-electron chi connectivity index (χ2n) is 6.20. The molecule has 146 valence electrons. The van der Waals surface area contributed by atoms with Gasteiger partial charge in [0.25, 0.3) is 5.91 Å². The van der Waals surface area contributed by atoms with Gasteiger partial charge in [0, 0.05) is 23.5 Å². The number of benzene rings is 2. The number of hydrogen-bond donors (Lipinski definition) is 2. The molecule has 0 unspecified atom stereocenters. The molecule has 7 heteroatoms. The molecule has 1 amide bonds. The molecule has 2 rings (SSSR count). The monoisotopic (exact) mass is 389 g/mol. The van der Waals surface area contributed by atoms with Crippen molar-refractivity contribution in [2.45, 2.75) is 27.3 Å². The molecule has 27 heavy (non-hydrogen) atoms. The molecular weight excluding hydrogens is 362 g/mol. The van der Waals surface area contributed by atoms with Gasteiger partial charge in [-0.2, -0.15) is 0 Å². The Morgan fingerprint density at radius 2 is 1.44 bits per heavy atom. The number of nitrogens with one attached hydrogen (secondary N) is 2. The predicted molar refractivity (Wildman–Crippen MR) is 111 cm³/mol. The number of sulfonamides is 1. The van der Waals surface area contributed by atoms with E-state index in [0.29, 0.717) is 16.9 Å². The summed E-state index contributed by atoms with van der Waals surface area (Å²) in [4.78, 5) is 14.7. The Bertz CT molecular complexity index is 843. The maximum absolute atomic E-state index is 12.4. The summed E-state index contributed by atoms with van der Waals surface area (Å²) < 4.78 is 25.6. The normalized spacial score (nSPS) is 11.4. The Morgan fingerprint density at radius 1 is 0.889 bits per heavy atom. The lowest BCUT2D eigenvalue weighted by molar-refractivity contribution is 0.102. The molecule has 0 heterocycles. The number of carbonyl (C=O) groups is 1. The summed E-state index contributed by atoms with van der Waals surface area (Å²) in [5, 5.41) is 2.82. The fourth-order valence-electron chi connectivity index (χ4n) is 2.54. The molecule has 2 aromatic rings. The number of amides is 1. The van der Waals surface area contributed by atoms with Crippen LogP contribution >= 0.6 is 0 Å². The fourth-order valence-corrected chi connectivity index (χ4v) is 3.18. The Morgan fingerprint density at radius 3 is 1.96 bits per heavy atom. The van der Waals surface area contributed by atoms with Crippen LogP contribution in [-0.4, -0.2) is 38.1 Å². The molecule has 0 spiro atoms. The van der Waals surface area contributed by atoms with Crippen LogP contribution in [0.2, 0.25) is 0 Å². The van der Waals surface area contributed by atoms with Crippen LogP contribution in [0.25, 0.3) is 0 Å². The van der Waals surface area contributed by atoms with Gasteiger partial charge in [0.15, 0.2) is 0 Å². The van der Waals surface area contributed by atoms with E-state index in [4.69, 9.17) is 0 Å². The van der Waals surface area contributed by atoms with Gasteiger partial charge in [-0.15, -0.1) is 0 Å². The number of rotatable bonds is 9. The minimum absolute atomic E-state index is 0.00968. The number of hydrogen-bond acceptors (Lipinski definition) is 4. The van der Waals surface area contributed by atoms with Crippen molar-refractivity contribution in [3.05, 3.63) is 59.7 Å². The zero-order valence-electron chi connectivity index (χ0n) is 16.0. The second kappa shape index (κ2) is 9.53. The highest BCUT2D eigenvalue weighted by atomic mass is 32.2. The highest BCUT2D eigenvalue weighted by Crippen LogP contribution is 2.16. The SMILES string of the molecule is CCN(CC)Cc1ccc(C(=O)Nc2ccc(NS(=O)(=O)CC)cc2)cc1. The number of anilines is 2. The maximum atomic E-state index is 12.4. The van der Waals surface area contributed by atoms with Crippen LogP contribution in [0.1, 0.15) is 36.7 Å². The van der Waals surface area contributed by atoms with Gasteiger partial charge in [0.05, 0.1) is 5.75 Å². The van der Waals surface area contributed by atoms with Crippen LogP contribution in [0.15, 0.2) is 48.5 Å². The molecule has 0 atom stereocenters. The van der Waals surface area contributed by atoms with Crippen LogP contribution in [0.3, 0.4) is 0 Å². The Labute approximate surface area is 161 Å². The standard InChI is InChI=1S/C20H27N3O3S/c1-4-23(5-2)15-16-7-9-17(10-8-16)20(24)21-18-11-13-19(14-12-18)22-27(25,26)6-3/h7-14,22H,4-6,15H2,1-3H3,(H,21,24). The van der Waals surface area contributed by atoms with Crippen LogP contribution in [-0.2, 0) is 16.6 Å². The minimum Gasteiger partial charge on any atom is -0.322 e. The van der Waals surface area contributed by atoms with Crippen molar-refractivity contribution >= 4 is 27.3 Å². The van der Waals surface area contributed by atoms with E-state index >= 15 is 0 Å². The van der Waals surface area contributed by atoms with Crippen LogP contribution in [0.4, 0.5) is 11.4 Å². The zero-order chi connectivity index (χ0) is 19.9. The molecule has 0 aliphatic heterocycles. The van der Waals surface area contributed by atoms with Gasteiger partial charge in [-0.1, -0.05) is 26.0 Å². The topological polar surface area (TPSA) is 78.5 Å². The van der Waals surface area contributed by atoms with Gasteiger partial charge in [0.2, 0.25) is 10.0 Å². The molecule has 0 aromatic heterocycles. The van der Waals surface area contributed by atoms with E-state index < -0.39 is 10.0 Å². The first kappa shape index (κ1) is 20.9. The van der Waals surface area contributed by atoms with E-state index in [2.05, 4.69) is 28.8 Å². The molecule has 0 aliphatic carbocycles. The van der Waals surface area contributed by atoms with Crippen molar-refractivity contribution < 1.29 is 13.2 Å². The Hall–Kier alpha value is -2.38. The smallest absolute Gasteiger partial charge is 0.255 e. The van der Waals surface area contributed by atoms with Gasteiger partial charge in [-0.05, 0) is 62.0 Å². The summed E-state index contributed by atoms with van der Waals surface area (Å²) in [7, 11) is -3.31. The van der Waals surface area contributed by atoms with Crippen molar-refractivity contribution in [1.29, 1.82) is 0 Å². The van der Waals surface area contributed by atoms with E-state index in [0.717, 1.165) is 19.6 Å². The van der Waals surface area contributed by atoms with Gasteiger partial charge in [-0.25, -0.2) is 8.42 Å². The number of carbonyl (C=O) groups excluding carboxylic acids is 1. The lowest BCUT2D eigenvalue weighted by atomic mass is 10.1. The van der Waals surface area contributed by atoms with E-state index in [1.807, 2.05) is 24.3 Å². The molecule has 0 bridgehead atoms. The average molecular weight is 390 g/mol. The quantitative estimate of drug-likeness (QED) is 0.688. The van der Waals surface area contributed by atoms with E-state index in [1.165, 1.54) is 5.56 Å². The molecular formula is C20H27N3O3S. The second-order valence-corrected chi connectivity index (χ2v) is 8.21. The largest absolute Gasteiger partial charge is 0.322 e. The van der Waals surface area contributed by atoms with Crippen LogP contribution in [0, 0.1) is 0 Å². The van der Waals surface area contributed by atoms with E-state index in [9.17, 15) is 13.2 Å². The Balaban J connectivity index is 1.98. The summed E-state index contributed by atoms with van der Waals surface area (Å²) in [6.45, 7) is 8.67.